The van der Waals surface area contributed by atoms with Crippen molar-refractivity contribution in [2.24, 2.45) is 0 Å². The van der Waals surface area contributed by atoms with Gasteiger partial charge in [-0.2, -0.15) is 5.10 Å². The number of ether oxygens (including phenoxy) is 2. The molecular formula is C36H36FN5O4S. The number of halogens is 1. The summed E-state index contributed by atoms with van der Waals surface area (Å²) in [5, 5.41) is 10.8. The molecule has 11 heteroatoms. The minimum Gasteiger partial charge on any atom is -0.490 e. The van der Waals surface area contributed by atoms with Crippen LogP contribution in [0.3, 0.4) is 0 Å². The average Bonchev–Trinajstić information content (AvgIpc) is 3.76. The Morgan fingerprint density at radius 3 is 2.72 bits per heavy atom. The van der Waals surface area contributed by atoms with Gasteiger partial charge in [0.1, 0.15) is 29.6 Å². The molecular weight excluding hydrogens is 617 g/mol. The Morgan fingerprint density at radius 1 is 1.09 bits per heavy atom. The van der Waals surface area contributed by atoms with E-state index in [1.165, 1.54) is 18.2 Å². The Hall–Kier alpha value is -4.87. The first-order valence-corrected chi connectivity index (χ1v) is 16.6. The van der Waals surface area contributed by atoms with Gasteiger partial charge in [-0.05, 0) is 59.8 Å². The van der Waals surface area contributed by atoms with Gasteiger partial charge in [0.25, 0.3) is 5.91 Å². The second-order valence-electron chi connectivity index (χ2n) is 10.9. The molecule has 9 nitrogen and oxygen atoms in total. The van der Waals surface area contributed by atoms with E-state index in [4.69, 9.17) is 19.6 Å². The van der Waals surface area contributed by atoms with Crippen LogP contribution < -0.4 is 10.1 Å². The number of carbonyl (C=O) groups excluding carboxylic acids is 2. The molecule has 0 saturated heterocycles. The summed E-state index contributed by atoms with van der Waals surface area (Å²) in [4.78, 5) is 31.9. The lowest BCUT2D eigenvalue weighted by atomic mass is 9.94. The zero-order valence-corrected chi connectivity index (χ0v) is 27.5. The third-order valence-corrected chi connectivity index (χ3v) is 9.13. The number of methoxy groups -OCH3 is 1. The fourth-order valence-electron chi connectivity index (χ4n) is 6.01. The van der Waals surface area contributed by atoms with E-state index in [1.54, 1.807) is 29.4 Å². The third kappa shape index (κ3) is 6.16. The van der Waals surface area contributed by atoms with Gasteiger partial charge >= 0.3 is 0 Å². The number of fused-ring (bicyclic) bond motifs is 3. The van der Waals surface area contributed by atoms with Gasteiger partial charge < -0.3 is 19.7 Å². The molecule has 1 N–H and O–H groups in total. The Morgan fingerprint density at radius 2 is 1.91 bits per heavy atom. The molecule has 0 bridgehead atoms. The summed E-state index contributed by atoms with van der Waals surface area (Å²) < 4.78 is 28.7. The highest BCUT2D eigenvalue weighted by Gasteiger charge is 2.27. The monoisotopic (exact) mass is 653 g/mol. The van der Waals surface area contributed by atoms with E-state index in [9.17, 15) is 14.0 Å². The fourth-order valence-corrected chi connectivity index (χ4v) is 6.97. The summed E-state index contributed by atoms with van der Waals surface area (Å²) in [5.74, 6) is -0.237. The number of hydrogen-bond acceptors (Lipinski definition) is 7. The van der Waals surface area contributed by atoms with Crippen molar-refractivity contribution in [1.82, 2.24) is 25.0 Å². The van der Waals surface area contributed by atoms with Crippen molar-refractivity contribution in [2.75, 3.05) is 33.4 Å². The highest BCUT2D eigenvalue weighted by molar-refractivity contribution is 7.18. The van der Waals surface area contributed by atoms with Crippen molar-refractivity contribution in [3.05, 3.63) is 89.2 Å². The van der Waals surface area contributed by atoms with Crippen LogP contribution in [0.4, 0.5) is 4.39 Å². The topological polar surface area (TPSA) is 98.6 Å². The largest absolute Gasteiger partial charge is 0.490 e. The predicted octanol–water partition coefficient (Wildman–Crippen LogP) is 6.50. The molecule has 0 radical (unpaired) electrons. The third-order valence-electron chi connectivity index (χ3n) is 8.20. The van der Waals surface area contributed by atoms with Crippen LogP contribution in [0.2, 0.25) is 0 Å². The lowest BCUT2D eigenvalue weighted by molar-refractivity contribution is -0.127. The van der Waals surface area contributed by atoms with Crippen LogP contribution >= 0.6 is 11.3 Å². The number of pyridine rings is 1. The number of hydrogen-bond donors (Lipinski definition) is 1. The smallest absolute Gasteiger partial charge is 0.251 e. The first-order valence-electron chi connectivity index (χ1n) is 15.7. The van der Waals surface area contributed by atoms with Crippen molar-refractivity contribution in [3.8, 4) is 39.5 Å². The van der Waals surface area contributed by atoms with Crippen LogP contribution in [0.5, 0.6) is 5.75 Å². The molecule has 2 aliphatic rings. The van der Waals surface area contributed by atoms with Crippen LogP contribution in [0, 0.1) is 5.82 Å². The highest BCUT2D eigenvalue weighted by atomic mass is 32.1. The first-order chi connectivity index (χ1) is 22.9. The van der Waals surface area contributed by atoms with Crippen LogP contribution in [0.25, 0.3) is 43.9 Å². The van der Waals surface area contributed by atoms with E-state index >= 15 is 0 Å². The number of nitrogens with one attached hydrogen (secondary N) is 1. The predicted molar refractivity (Wildman–Crippen MR) is 182 cm³/mol. The molecule has 0 fully saturated rings. The molecule has 0 aliphatic carbocycles. The number of amides is 2. The molecule has 0 atom stereocenters. The Bertz CT molecular complexity index is 1980. The minimum absolute atomic E-state index is 0.0719. The summed E-state index contributed by atoms with van der Waals surface area (Å²) in [6, 6.07) is 14.3. The molecule has 3 aromatic heterocycles. The lowest BCUT2D eigenvalue weighted by Crippen LogP contribution is -2.37. The summed E-state index contributed by atoms with van der Waals surface area (Å²) in [6.45, 7) is 10.3. The molecule has 5 aromatic rings. The molecule has 242 valence electrons. The summed E-state index contributed by atoms with van der Waals surface area (Å²) in [5.41, 5.74) is 6.89. The molecule has 0 unspecified atom stereocenters. The number of benzene rings is 2. The second kappa shape index (κ2) is 13.9. The number of aromatic nitrogens is 3. The van der Waals surface area contributed by atoms with Gasteiger partial charge in [0.15, 0.2) is 0 Å². The van der Waals surface area contributed by atoms with Gasteiger partial charge in [-0.1, -0.05) is 26.5 Å². The Balaban J connectivity index is 0.00000190. The van der Waals surface area contributed by atoms with Crippen molar-refractivity contribution < 1.29 is 23.5 Å². The maximum absolute atomic E-state index is 14.6. The number of thiophene rings is 1. The zero-order valence-electron chi connectivity index (χ0n) is 26.6. The van der Waals surface area contributed by atoms with Crippen molar-refractivity contribution in [1.29, 1.82) is 0 Å². The van der Waals surface area contributed by atoms with Crippen molar-refractivity contribution in [3.63, 3.8) is 0 Å². The number of rotatable bonds is 8. The van der Waals surface area contributed by atoms with Crippen LogP contribution in [0.1, 0.15) is 35.5 Å². The lowest BCUT2D eigenvalue weighted by Gasteiger charge is -2.26. The molecule has 2 amide bonds. The summed E-state index contributed by atoms with van der Waals surface area (Å²) in [7, 11) is 1.59. The SMILES string of the molecule is C=CC(=O)N1CCn2nc(-c3nc(-c4ccc5c(c4)CCNC5=O)c4ccsc4c3-c3ccc(F)cc3OCCOC)cc2C1.CC. The normalized spacial score (nSPS) is 13.7. The van der Waals surface area contributed by atoms with Gasteiger partial charge in [-0.25, -0.2) is 9.37 Å². The van der Waals surface area contributed by atoms with Gasteiger partial charge in [-0.3, -0.25) is 14.3 Å². The Labute approximate surface area is 276 Å². The summed E-state index contributed by atoms with van der Waals surface area (Å²) in [6.07, 6.45) is 2.06. The van der Waals surface area contributed by atoms with Gasteiger partial charge in [-0.15, -0.1) is 11.3 Å². The van der Waals surface area contributed by atoms with E-state index in [0.29, 0.717) is 61.1 Å². The maximum Gasteiger partial charge on any atom is 0.251 e. The van der Waals surface area contributed by atoms with E-state index in [0.717, 1.165) is 44.6 Å². The van der Waals surface area contributed by atoms with Gasteiger partial charge in [0.2, 0.25) is 5.91 Å². The molecule has 0 spiro atoms. The van der Waals surface area contributed by atoms with Crippen LogP contribution in [-0.2, 0) is 29.0 Å². The Kier molecular flexibility index (Phi) is 9.46. The number of nitrogens with zero attached hydrogens (tertiary/aromatic N) is 4. The highest BCUT2D eigenvalue weighted by Crippen LogP contribution is 2.46. The molecule has 7 rings (SSSR count). The standard InChI is InChI=1S/C34H30FN5O4S.C2H6/c1-3-29(41)39-11-12-40-23(19-39)18-27(38-40)32-30(25-7-5-22(35)17-28(25)44-14-13-43-2)33-26(9-15-45-33)31(37-32)21-4-6-24-20(16-21)8-10-36-34(24)42;1-2/h3-7,9,15-18H,1,8,10-14,19H2,2H3,(H,36,42);1-2H3. The van der Waals surface area contributed by atoms with Crippen molar-refractivity contribution >= 4 is 33.2 Å². The molecule has 0 saturated carbocycles. The van der Waals surface area contributed by atoms with E-state index in [-0.39, 0.29) is 18.4 Å². The maximum atomic E-state index is 14.6. The second-order valence-corrected chi connectivity index (χ2v) is 11.8. The zero-order chi connectivity index (χ0) is 33.1. The van der Waals surface area contributed by atoms with Gasteiger partial charge in [0, 0.05) is 58.6 Å². The van der Waals surface area contributed by atoms with E-state index in [2.05, 4.69) is 11.9 Å². The van der Waals surface area contributed by atoms with Gasteiger partial charge in [0.05, 0.1) is 31.1 Å². The molecule has 2 aliphatic heterocycles. The molecule has 2 aromatic carbocycles. The van der Waals surface area contributed by atoms with Crippen LogP contribution in [-0.4, -0.2) is 64.9 Å². The fraction of sp³-hybridized carbons (Fsp3) is 0.278. The van der Waals surface area contributed by atoms with E-state index < -0.39 is 5.82 Å². The quantitative estimate of drug-likeness (QED) is 0.152. The van der Waals surface area contributed by atoms with Crippen molar-refractivity contribution in [2.45, 2.75) is 33.4 Å². The van der Waals surface area contributed by atoms with Crippen LogP contribution in [0.15, 0.2) is 66.6 Å². The molecule has 47 heavy (non-hydrogen) atoms. The molecule has 5 heterocycles. The average molecular weight is 654 g/mol. The minimum atomic E-state index is -0.415. The first kappa shape index (κ1) is 32.1. The number of carbonyl (C=O) groups is 2. The summed E-state index contributed by atoms with van der Waals surface area (Å²) >= 11 is 1.56. The van der Waals surface area contributed by atoms with E-state index in [1.807, 2.05) is 54.2 Å².